The van der Waals surface area contributed by atoms with Crippen molar-refractivity contribution in [3.8, 4) is 0 Å². The normalized spacial score (nSPS) is 25.3. The number of carbonyl (C=O) groups excluding carboxylic acids is 1. The molecule has 2 nitrogen and oxygen atoms in total. The van der Waals surface area contributed by atoms with E-state index < -0.39 is 13.9 Å². The van der Waals surface area contributed by atoms with Crippen LogP contribution in [0.5, 0.6) is 0 Å². The zero-order chi connectivity index (χ0) is 10.3. The first-order chi connectivity index (χ1) is 5.83. The molecular formula is C5H4BrCl4NOS. The number of halogens is 5. The maximum Gasteiger partial charge on any atom is 0.273 e. The van der Waals surface area contributed by atoms with Gasteiger partial charge in [0.1, 0.15) is 0 Å². The van der Waals surface area contributed by atoms with Crippen LogP contribution in [0, 0.1) is 0 Å². The average molecular weight is 348 g/mol. The van der Waals surface area contributed by atoms with Gasteiger partial charge in [0.15, 0.2) is 0 Å². The number of alkyl halides is 5. The fraction of sp³-hybridized carbons (Fsp3) is 0.800. The van der Waals surface area contributed by atoms with Crippen LogP contribution in [0.4, 0.5) is 0 Å². The number of hydrogen-bond acceptors (Lipinski definition) is 2. The summed E-state index contributed by atoms with van der Waals surface area (Å²) >= 11 is 27.1. The largest absolute Gasteiger partial charge is 0.280 e. The lowest BCUT2D eigenvalue weighted by atomic mass is 10.4. The second kappa shape index (κ2) is 4.14. The first-order valence-electron chi connectivity index (χ1n) is 3.15. The average Bonchev–Trinajstić information content (AvgIpc) is 2.13. The number of carbonyl (C=O) groups is 1. The van der Waals surface area contributed by atoms with Crippen molar-refractivity contribution < 1.29 is 4.79 Å². The Hall–Kier alpha value is 1.46. The van der Waals surface area contributed by atoms with E-state index in [0.29, 0.717) is 11.9 Å². The van der Waals surface area contributed by atoms with Crippen LogP contribution in [0.2, 0.25) is 0 Å². The Morgan fingerprint density at radius 3 is 2.23 bits per heavy atom. The molecule has 1 heterocycles. The minimum Gasteiger partial charge on any atom is -0.280 e. The summed E-state index contributed by atoms with van der Waals surface area (Å²) in [7, 11) is 0. The molecule has 1 aliphatic rings. The SMILES string of the molecule is O=C1N(CCBr)SC(Cl)(Cl)C1(Cl)Cl. The summed E-state index contributed by atoms with van der Waals surface area (Å²) in [5.74, 6) is -0.481. The molecule has 0 aromatic heterocycles. The number of rotatable bonds is 2. The molecule has 8 heteroatoms. The molecule has 1 fully saturated rings. The van der Waals surface area contributed by atoms with Gasteiger partial charge < -0.3 is 0 Å². The molecular weight excluding hydrogens is 344 g/mol. The lowest BCUT2D eigenvalue weighted by Gasteiger charge is -2.18. The molecule has 0 aliphatic carbocycles. The molecule has 13 heavy (non-hydrogen) atoms. The van der Waals surface area contributed by atoms with Crippen LogP contribution in [-0.2, 0) is 4.79 Å². The topological polar surface area (TPSA) is 20.3 Å². The highest BCUT2D eigenvalue weighted by Crippen LogP contribution is 2.58. The molecule has 1 amide bonds. The van der Waals surface area contributed by atoms with Crippen molar-refractivity contribution in [1.29, 1.82) is 0 Å². The van der Waals surface area contributed by atoms with Gasteiger partial charge in [0.05, 0.1) is 0 Å². The highest BCUT2D eigenvalue weighted by Gasteiger charge is 2.62. The summed E-state index contributed by atoms with van der Waals surface area (Å²) in [6.07, 6.45) is 0. The van der Waals surface area contributed by atoms with Gasteiger partial charge in [-0.2, -0.15) is 0 Å². The number of hydrogen-bond donors (Lipinski definition) is 0. The molecule has 0 atom stereocenters. The van der Waals surface area contributed by atoms with Crippen LogP contribution in [0.15, 0.2) is 0 Å². The van der Waals surface area contributed by atoms with Crippen molar-refractivity contribution in [2.45, 2.75) is 8.00 Å². The predicted octanol–water partition coefficient (Wildman–Crippen LogP) is 3.18. The van der Waals surface area contributed by atoms with Gasteiger partial charge in [0, 0.05) is 11.9 Å². The van der Waals surface area contributed by atoms with Crippen molar-refractivity contribution in [1.82, 2.24) is 4.31 Å². The van der Waals surface area contributed by atoms with E-state index in [9.17, 15) is 4.79 Å². The second-order valence-electron chi connectivity index (χ2n) is 2.28. The van der Waals surface area contributed by atoms with Crippen molar-refractivity contribution in [3.05, 3.63) is 0 Å². The Balaban J connectivity index is 2.86. The van der Waals surface area contributed by atoms with Gasteiger partial charge in [-0.3, -0.25) is 9.10 Å². The van der Waals surface area contributed by atoms with E-state index in [2.05, 4.69) is 15.9 Å². The minimum atomic E-state index is -1.77. The maximum absolute atomic E-state index is 11.5. The van der Waals surface area contributed by atoms with Gasteiger partial charge >= 0.3 is 0 Å². The lowest BCUT2D eigenvalue weighted by Crippen LogP contribution is -2.37. The standard InChI is InChI=1S/C5H4BrCl4NOS/c6-1-2-11-3(12)4(7,8)5(9,10)13-11/h1-2H2. The van der Waals surface area contributed by atoms with E-state index in [0.717, 1.165) is 11.9 Å². The molecule has 0 spiro atoms. The molecule has 1 rings (SSSR count). The van der Waals surface area contributed by atoms with E-state index >= 15 is 0 Å². The number of amides is 1. The smallest absolute Gasteiger partial charge is 0.273 e. The van der Waals surface area contributed by atoms with E-state index in [1.165, 1.54) is 4.31 Å². The fourth-order valence-corrected chi connectivity index (χ4v) is 3.39. The molecule has 0 aromatic carbocycles. The van der Waals surface area contributed by atoms with Gasteiger partial charge in [-0.1, -0.05) is 62.3 Å². The molecule has 0 unspecified atom stereocenters. The molecule has 0 N–H and O–H groups in total. The zero-order valence-corrected chi connectivity index (χ0v) is 11.5. The third-order valence-electron chi connectivity index (χ3n) is 1.37. The maximum atomic E-state index is 11.5. The molecule has 1 aliphatic heterocycles. The Bertz CT molecular complexity index is 237. The van der Waals surface area contributed by atoms with E-state index in [1.807, 2.05) is 0 Å². The quantitative estimate of drug-likeness (QED) is 0.565. The Labute approximate surface area is 108 Å². The van der Waals surface area contributed by atoms with Gasteiger partial charge in [-0.25, -0.2) is 0 Å². The summed E-state index contributed by atoms with van der Waals surface area (Å²) in [6.45, 7) is 0.450. The summed E-state index contributed by atoms with van der Waals surface area (Å²) in [4.78, 5) is 11.5. The first-order valence-corrected chi connectivity index (χ1v) is 6.56. The highest BCUT2D eigenvalue weighted by atomic mass is 79.9. The van der Waals surface area contributed by atoms with E-state index in [4.69, 9.17) is 46.4 Å². The Morgan fingerprint density at radius 2 is 1.92 bits per heavy atom. The van der Waals surface area contributed by atoms with E-state index in [1.54, 1.807) is 0 Å². The highest BCUT2D eigenvalue weighted by molar-refractivity contribution is 9.09. The van der Waals surface area contributed by atoms with Crippen LogP contribution < -0.4 is 0 Å². The van der Waals surface area contributed by atoms with Crippen LogP contribution in [0.1, 0.15) is 0 Å². The zero-order valence-electron chi connectivity index (χ0n) is 6.07. The molecule has 76 valence electrons. The summed E-state index contributed by atoms with van der Waals surface area (Å²) < 4.78 is -1.95. The van der Waals surface area contributed by atoms with Crippen molar-refractivity contribution in [2.75, 3.05) is 11.9 Å². The summed E-state index contributed by atoms with van der Waals surface area (Å²) in [6, 6.07) is 0. The molecule has 0 radical (unpaired) electrons. The molecule has 1 saturated heterocycles. The van der Waals surface area contributed by atoms with Gasteiger partial charge in [0.25, 0.3) is 5.91 Å². The first kappa shape index (κ1) is 12.5. The fourth-order valence-electron chi connectivity index (χ4n) is 0.742. The Kier molecular flexibility index (Phi) is 3.99. The van der Waals surface area contributed by atoms with Crippen LogP contribution >= 0.6 is 74.3 Å². The lowest BCUT2D eigenvalue weighted by molar-refractivity contribution is -0.125. The Morgan fingerprint density at radius 1 is 1.38 bits per heavy atom. The van der Waals surface area contributed by atoms with Gasteiger partial charge in [0.2, 0.25) is 8.00 Å². The van der Waals surface area contributed by atoms with E-state index in [-0.39, 0.29) is 0 Å². The predicted molar refractivity (Wildman–Crippen MR) is 62.0 cm³/mol. The van der Waals surface area contributed by atoms with Gasteiger partial charge in [-0.15, -0.1) is 0 Å². The van der Waals surface area contributed by atoms with Crippen LogP contribution in [0.3, 0.4) is 0 Å². The monoisotopic (exact) mass is 345 g/mol. The molecule has 0 bridgehead atoms. The third kappa shape index (κ3) is 2.18. The van der Waals surface area contributed by atoms with Crippen LogP contribution in [0.25, 0.3) is 0 Å². The summed E-state index contributed by atoms with van der Waals surface area (Å²) in [5.41, 5.74) is 0. The minimum absolute atomic E-state index is 0.450. The number of nitrogens with zero attached hydrogens (tertiary/aromatic N) is 1. The van der Waals surface area contributed by atoms with Gasteiger partial charge in [-0.05, 0) is 11.9 Å². The van der Waals surface area contributed by atoms with Crippen LogP contribution in [-0.4, -0.2) is 30.1 Å². The molecule has 0 saturated carbocycles. The van der Waals surface area contributed by atoms with Crippen molar-refractivity contribution >= 4 is 80.2 Å². The van der Waals surface area contributed by atoms with Crippen molar-refractivity contribution in [2.24, 2.45) is 0 Å². The summed E-state index contributed by atoms with van der Waals surface area (Å²) in [5, 5.41) is 0.611. The molecule has 0 aromatic rings. The second-order valence-corrected chi connectivity index (χ2v) is 7.41. The third-order valence-corrected chi connectivity index (χ3v) is 5.31. The van der Waals surface area contributed by atoms with Crippen molar-refractivity contribution in [3.63, 3.8) is 0 Å².